The maximum absolute atomic E-state index is 13.6. The number of rotatable bonds is 9. The number of hydrogen-bond acceptors (Lipinski definition) is 7. The van der Waals surface area contributed by atoms with Gasteiger partial charge in [0.25, 0.3) is 5.91 Å². The zero-order valence-corrected chi connectivity index (χ0v) is 19.7. The van der Waals surface area contributed by atoms with Crippen LogP contribution in [-0.4, -0.2) is 45.3 Å². The Kier molecular flexibility index (Phi) is 7.25. The Hall–Kier alpha value is -3.99. The van der Waals surface area contributed by atoms with Crippen molar-refractivity contribution in [2.45, 2.75) is 13.0 Å². The maximum atomic E-state index is 13.6. The van der Waals surface area contributed by atoms with Crippen LogP contribution in [0, 0.1) is 11.2 Å². The van der Waals surface area contributed by atoms with E-state index >= 15 is 0 Å². The van der Waals surface area contributed by atoms with E-state index in [1.807, 2.05) is 30.3 Å². The van der Waals surface area contributed by atoms with Gasteiger partial charge in [0.15, 0.2) is 18.0 Å². The summed E-state index contributed by atoms with van der Waals surface area (Å²) in [4.78, 5) is 21.7. The van der Waals surface area contributed by atoms with Gasteiger partial charge in [0.1, 0.15) is 29.4 Å². The van der Waals surface area contributed by atoms with E-state index in [0.717, 1.165) is 3.97 Å². The van der Waals surface area contributed by atoms with E-state index in [2.05, 4.69) is 20.6 Å². The number of halogens is 2. The molecule has 3 N–H and O–H groups in total. The van der Waals surface area contributed by atoms with Gasteiger partial charge < -0.3 is 15.4 Å². The highest BCUT2D eigenvalue weighted by molar-refractivity contribution is 7.92. The second-order valence-electron chi connectivity index (χ2n) is 7.68. The lowest BCUT2D eigenvalue weighted by molar-refractivity contribution is 0.0928. The first-order valence-electron chi connectivity index (χ1n) is 10.6. The van der Waals surface area contributed by atoms with E-state index in [1.54, 1.807) is 14.0 Å². The second-order valence-corrected chi connectivity index (χ2v) is 8.21. The molecule has 8 nitrogen and oxygen atoms in total. The van der Waals surface area contributed by atoms with Crippen LogP contribution in [0.15, 0.2) is 60.9 Å². The maximum Gasteiger partial charge on any atom is 0.255 e. The van der Waals surface area contributed by atoms with Gasteiger partial charge >= 0.3 is 0 Å². The predicted molar refractivity (Wildman–Crippen MR) is 132 cm³/mol. The van der Waals surface area contributed by atoms with E-state index in [4.69, 9.17) is 10.1 Å². The summed E-state index contributed by atoms with van der Waals surface area (Å²) in [5, 5.41) is 14.2. The quantitative estimate of drug-likeness (QED) is 0.293. The number of para-hydroxylation sites is 1. The van der Waals surface area contributed by atoms with Crippen LogP contribution in [0.1, 0.15) is 28.5 Å². The van der Waals surface area contributed by atoms with Crippen LogP contribution in [-0.2, 0) is 0 Å². The van der Waals surface area contributed by atoms with E-state index in [-0.39, 0.29) is 53.1 Å². The summed E-state index contributed by atoms with van der Waals surface area (Å²) >= 11 is -0.115. The van der Waals surface area contributed by atoms with Gasteiger partial charge in [-0.3, -0.25) is 10.2 Å². The third kappa shape index (κ3) is 5.24. The molecule has 1 amide bonds. The van der Waals surface area contributed by atoms with Crippen molar-refractivity contribution >= 4 is 40.8 Å². The summed E-state index contributed by atoms with van der Waals surface area (Å²) in [6.07, 6.45) is 2.62. The van der Waals surface area contributed by atoms with Gasteiger partial charge in [-0.25, -0.2) is 18.3 Å². The summed E-state index contributed by atoms with van der Waals surface area (Å²) in [6.45, 7) is 2.01. The first-order chi connectivity index (χ1) is 16.9. The molecule has 4 aromatic rings. The third-order valence-corrected chi connectivity index (χ3v) is 5.61. The van der Waals surface area contributed by atoms with E-state index in [0.29, 0.717) is 17.0 Å². The van der Waals surface area contributed by atoms with Crippen molar-refractivity contribution in [2.24, 2.45) is 0 Å². The second kappa shape index (κ2) is 10.5. The Morgan fingerprint density at radius 2 is 2.00 bits per heavy atom. The van der Waals surface area contributed by atoms with Crippen LogP contribution < -0.4 is 15.4 Å². The summed E-state index contributed by atoms with van der Waals surface area (Å²) in [5.41, 5.74) is 1.31. The summed E-state index contributed by atoms with van der Waals surface area (Å²) < 4.78 is 33.9. The summed E-state index contributed by atoms with van der Waals surface area (Å²) in [6, 6.07) is 12.8. The van der Waals surface area contributed by atoms with Crippen LogP contribution >= 0.6 is 12.3 Å². The summed E-state index contributed by atoms with van der Waals surface area (Å²) in [5.74, 6) is -0.258. The molecular formula is C24H22F2N6O2S. The Morgan fingerprint density at radius 3 is 2.71 bits per heavy atom. The Morgan fingerprint density at radius 1 is 1.23 bits per heavy atom. The van der Waals surface area contributed by atoms with Crippen molar-refractivity contribution in [1.82, 2.24) is 19.3 Å². The molecule has 2 heterocycles. The highest BCUT2D eigenvalue weighted by Crippen LogP contribution is 2.25. The zero-order valence-electron chi connectivity index (χ0n) is 18.9. The fourth-order valence-electron chi connectivity index (χ4n) is 3.46. The molecule has 1 atom stereocenters. The number of benzene rings is 2. The van der Waals surface area contributed by atoms with E-state index < -0.39 is 11.7 Å². The first-order valence-corrected chi connectivity index (χ1v) is 11.3. The fraction of sp³-hybridized carbons (Fsp3) is 0.167. The number of fused-ring (bicyclic) bond motifs is 1. The Bertz CT molecular complexity index is 1380. The lowest BCUT2D eigenvalue weighted by Crippen LogP contribution is -2.36. The zero-order chi connectivity index (χ0) is 24.9. The molecule has 0 bridgehead atoms. The molecule has 0 aliphatic carbocycles. The molecule has 35 heavy (non-hydrogen) atoms. The van der Waals surface area contributed by atoms with Gasteiger partial charge in [-0.05, 0) is 37.3 Å². The molecule has 1 unspecified atom stereocenters. The molecule has 180 valence electrons. The molecule has 0 aliphatic rings. The van der Waals surface area contributed by atoms with Crippen LogP contribution in [0.3, 0.4) is 0 Å². The molecule has 0 saturated heterocycles. The SMILES string of the molecule is CNc1cc(F)ccc1C(=N)c1cnc2c(n1)c(C(=O)NC(C)COc1ccccc1)cn2SF. The molecule has 0 spiro atoms. The van der Waals surface area contributed by atoms with Crippen molar-refractivity contribution in [1.29, 1.82) is 5.41 Å². The Balaban J connectivity index is 1.60. The van der Waals surface area contributed by atoms with Gasteiger partial charge in [0, 0.05) is 24.5 Å². The van der Waals surface area contributed by atoms with Crippen molar-refractivity contribution in [3.8, 4) is 5.75 Å². The van der Waals surface area contributed by atoms with Gasteiger partial charge in [-0.2, -0.15) is 0 Å². The van der Waals surface area contributed by atoms with Crippen LogP contribution in [0.4, 0.5) is 14.0 Å². The van der Waals surface area contributed by atoms with E-state index in [1.165, 1.54) is 30.6 Å². The fourth-order valence-corrected chi connectivity index (χ4v) is 3.81. The van der Waals surface area contributed by atoms with Crippen molar-refractivity contribution < 1.29 is 17.8 Å². The number of nitrogens with one attached hydrogen (secondary N) is 3. The van der Waals surface area contributed by atoms with Gasteiger partial charge in [-0.1, -0.05) is 18.2 Å². The van der Waals surface area contributed by atoms with Gasteiger partial charge in [0.2, 0.25) is 0 Å². The molecule has 2 aromatic heterocycles. The topological polar surface area (TPSA) is 105 Å². The largest absolute Gasteiger partial charge is 0.491 e. The lowest BCUT2D eigenvalue weighted by Gasteiger charge is -2.14. The van der Waals surface area contributed by atoms with Crippen LogP contribution in [0.25, 0.3) is 11.2 Å². The van der Waals surface area contributed by atoms with Crippen molar-refractivity contribution in [3.63, 3.8) is 0 Å². The molecule has 4 rings (SSSR count). The number of amides is 1. The molecule has 0 fully saturated rings. The number of carbonyl (C=O) groups excluding carboxylic acids is 1. The normalized spacial score (nSPS) is 11.8. The van der Waals surface area contributed by atoms with Crippen molar-refractivity contribution in [2.75, 3.05) is 19.0 Å². The Labute approximate surface area is 204 Å². The van der Waals surface area contributed by atoms with Gasteiger partial charge in [0.05, 0.1) is 23.5 Å². The average Bonchev–Trinajstić information content (AvgIpc) is 3.25. The molecule has 2 aromatic carbocycles. The standard InChI is InChI=1S/C24H22F2N6O2S/c1-14(13-34-16-6-4-3-5-7-16)30-24(33)18-12-32(35-26)23-22(18)31-20(11-29-23)21(27)17-9-8-15(25)10-19(17)28-2/h3-12,14,27-28H,13H2,1-2H3,(H,30,33). The molecule has 0 aliphatic heterocycles. The summed E-state index contributed by atoms with van der Waals surface area (Å²) in [7, 11) is 1.62. The number of ether oxygens (including phenoxy) is 1. The minimum absolute atomic E-state index is 0.0274. The van der Waals surface area contributed by atoms with Crippen molar-refractivity contribution in [3.05, 3.63) is 83.6 Å². The average molecular weight is 497 g/mol. The minimum atomic E-state index is -0.484. The van der Waals surface area contributed by atoms with E-state index in [9.17, 15) is 13.1 Å². The molecule has 0 radical (unpaired) electrons. The minimum Gasteiger partial charge on any atom is -0.491 e. The number of hydrogen-bond donors (Lipinski definition) is 3. The van der Waals surface area contributed by atoms with Crippen LogP contribution in [0.2, 0.25) is 0 Å². The smallest absolute Gasteiger partial charge is 0.255 e. The number of nitrogens with zero attached hydrogens (tertiary/aromatic N) is 3. The number of anilines is 1. The molecule has 11 heteroatoms. The molecule has 0 saturated carbocycles. The highest BCUT2D eigenvalue weighted by Gasteiger charge is 2.22. The molecular weight excluding hydrogens is 474 g/mol. The predicted octanol–water partition coefficient (Wildman–Crippen LogP) is 4.61. The highest BCUT2D eigenvalue weighted by atomic mass is 32.2. The number of aromatic nitrogens is 3. The first kappa shape index (κ1) is 24.1. The third-order valence-electron chi connectivity index (χ3n) is 5.18. The monoisotopic (exact) mass is 496 g/mol. The van der Waals surface area contributed by atoms with Gasteiger partial charge in [-0.15, -0.1) is 3.89 Å². The lowest BCUT2D eigenvalue weighted by atomic mass is 10.1. The number of carbonyl (C=O) groups is 1. The van der Waals surface area contributed by atoms with Crippen LogP contribution in [0.5, 0.6) is 5.75 Å².